The Hall–Kier alpha value is -1.63. The van der Waals surface area contributed by atoms with Gasteiger partial charge in [0.2, 0.25) is 0 Å². The van der Waals surface area contributed by atoms with E-state index in [0.717, 1.165) is 17.5 Å². The van der Waals surface area contributed by atoms with E-state index < -0.39 is 0 Å². The molecule has 0 aliphatic heterocycles. The standard InChI is InChI=1S/C34H53N/c1-3-5-7-9-11-13-15-32-24-27-34(35-28-32)33-25-22-31(23-26-33)21-20-30-18-16-29(17-19-30)14-12-10-8-6-4-2/h22-30H,3-21H2,1-2H3. The second kappa shape index (κ2) is 16.9. The first-order valence-corrected chi connectivity index (χ1v) is 15.3. The van der Waals surface area contributed by atoms with Crippen LogP contribution in [-0.4, -0.2) is 4.98 Å². The third-order valence-electron chi connectivity index (χ3n) is 8.42. The van der Waals surface area contributed by atoms with E-state index in [-0.39, 0.29) is 0 Å². The number of rotatable bonds is 17. The van der Waals surface area contributed by atoms with Gasteiger partial charge in [-0.25, -0.2) is 0 Å². The molecule has 0 spiro atoms. The lowest BCUT2D eigenvalue weighted by Crippen LogP contribution is -2.15. The smallest absolute Gasteiger partial charge is 0.0702 e. The van der Waals surface area contributed by atoms with Gasteiger partial charge in [-0.1, -0.05) is 140 Å². The van der Waals surface area contributed by atoms with Crippen molar-refractivity contribution in [3.63, 3.8) is 0 Å². The van der Waals surface area contributed by atoms with Gasteiger partial charge in [-0.15, -0.1) is 0 Å². The van der Waals surface area contributed by atoms with Crippen LogP contribution in [0.2, 0.25) is 0 Å². The van der Waals surface area contributed by atoms with Crippen LogP contribution in [0, 0.1) is 11.8 Å². The van der Waals surface area contributed by atoms with Gasteiger partial charge in [0.15, 0.2) is 0 Å². The molecular formula is C34H53N. The minimum atomic E-state index is 0.951. The Labute approximate surface area is 217 Å². The molecule has 2 aromatic rings. The number of nitrogens with zero attached hydrogens (tertiary/aromatic N) is 1. The van der Waals surface area contributed by atoms with E-state index in [1.54, 1.807) is 0 Å². The molecule has 0 N–H and O–H groups in total. The highest BCUT2D eigenvalue weighted by Crippen LogP contribution is 2.34. The number of unbranched alkanes of at least 4 members (excludes halogenated alkanes) is 9. The summed E-state index contributed by atoms with van der Waals surface area (Å²) in [6.45, 7) is 4.59. The Bertz CT molecular complexity index is 767. The van der Waals surface area contributed by atoms with Crippen molar-refractivity contribution in [3.8, 4) is 11.3 Å². The molecule has 1 saturated carbocycles. The summed E-state index contributed by atoms with van der Waals surface area (Å²) in [5.41, 5.74) is 5.23. The third-order valence-corrected chi connectivity index (χ3v) is 8.42. The Kier molecular flexibility index (Phi) is 13.5. The van der Waals surface area contributed by atoms with Crippen molar-refractivity contribution in [1.82, 2.24) is 4.98 Å². The normalized spacial score (nSPS) is 18.1. The van der Waals surface area contributed by atoms with Crippen LogP contribution in [0.15, 0.2) is 42.6 Å². The van der Waals surface area contributed by atoms with Gasteiger partial charge in [-0.2, -0.15) is 0 Å². The average Bonchev–Trinajstić information content (AvgIpc) is 2.91. The second-order valence-corrected chi connectivity index (χ2v) is 11.4. The molecule has 1 heteroatoms. The van der Waals surface area contributed by atoms with Crippen LogP contribution in [0.1, 0.15) is 134 Å². The fraction of sp³-hybridized carbons (Fsp3) is 0.676. The third kappa shape index (κ3) is 10.9. The topological polar surface area (TPSA) is 12.9 Å². The van der Waals surface area contributed by atoms with Crippen molar-refractivity contribution in [3.05, 3.63) is 53.7 Å². The molecule has 0 amide bonds. The molecule has 1 heterocycles. The Morgan fingerprint density at radius 1 is 0.571 bits per heavy atom. The summed E-state index contributed by atoms with van der Waals surface area (Å²) in [6.07, 6.45) is 28.5. The van der Waals surface area contributed by atoms with Crippen LogP contribution >= 0.6 is 0 Å². The van der Waals surface area contributed by atoms with E-state index >= 15 is 0 Å². The van der Waals surface area contributed by atoms with Crippen molar-refractivity contribution in [1.29, 1.82) is 0 Å². The summed E-state index contributed by atoms with van der Waals surface area (Å²) in [6, 6.07) is 13.7. The minimum absolute atomic E-state index is 0.951. The van der Waals surface area contributed by atoms with Crippen molar-refractivity contribution in [2.45, 2.75) is 136 Å². The van der Waals surface area contributed by atoms with E-state index in [0.29, 0.717) is 0 Å². The average molecular weight is 476 g/mol. The van der Waals surface area contributed by atoms with Gasteiger partial charge in [-0.3, -0.25) is 4.98 Å². The SMILES string of the molecule is CCCCCCCCc1ccc(-c2ccc(CCC3CCC(CCCCCCC)CC3)cc2)nc1. The molecule has 1 fully saturated rings. The predicted octanol–water partition coefficient (Wildman–Crippen LogP) is 10.8. The van der Waals surface area contributed by atoms with Crippen LogP contribution < -0.4 is 0 Å². The van der Waals surface area contributed by atoms with Gasteiger partial charge in [0.25, 0.3) is 0 Å². The summed E-state index contributed by atoms with van der Waals surface area (Å²) >= 11 is 0. The zero-order valence-electron chi connectivity index (χ0n) is 23.1. The number of aromatic nitrogens is 1. The van der Waals surface area contributed by atoms with Crippen molar-refractivity contribution in [2.24, 2.45) is 11.8 Å². The molecule has 0 atom stereocenters. The first-order chi connectivity index (χ1) is 17.3. The number of aryl methyl sites for hydroxylation is 2. The fourth-order valence-electron chi connectivity index (χ4n) is 5.91. The maximum absolute atomic E-state index is 4.77. The first-order valence-electron chi connectivity index (χ1n) is 15.3. The molecule has 0 bridgehead atoms. The van der Waals surface area contributed by atoms with Crippen LogP contribution in [0.3, 0.4) is 0 Å². The molecule has 35 heavy (non-hydrogen) atoms. The highest BCUT2D eigenvalue weighted by molar-refractivity contribution is 5.59. The molecule has 0 saturated heterocycles. The van der Waals surface area contributed by atoms with Gasteiger partial charge >= 0.3 is 0 Å². The molecule has 0 radical (unpaired) electrons. The van der Waals surface area contributed by atoms with Gasteiger partial charge < -0.3 is 0 Å². The van der Waals surface area contributed by atoms with Gasteiger partial charge in [0, 0.05) is 11.8 Å². The number of benzene rings is 1. The number of pyridine rings is 1. The van der Waals surface area contributed by atoms with Crippen LogP contribution in [0.5, 0.6) is 0 Å². The molecule has 1 aliphatic rings. The van der Waals surface area contributed by atoms with Crippen LogP contribution in [-0.2, 0) is 12.8 Å². The summed E-state index contributed by atoms with van der Waals surface area (Å²) in [4.78, 5) is 4.77. The lowest BCUT2D eigenvalue weighted by molar-refractivity contribution is 0.248. The second-order valence-electron chi connectivity index (χ2n) is 11.4. The van der Waals surface area contributed by atoms with Gasteiger partial charge in [0.1, 0.15) is 0 Å². The lowest BCUT2D eigenvalue weighted by Gasteiger charge is -2.28. The molecule has 1 aliphatic carbocycles. The summed E-state index contributed by atoms with van der Waals surface area (Å²) < 4.78 is 0. The molecule has 3 rings (SSSR count). The molecule has 1 aromatic carbocycles. The quantitative estimate of drug-likeness (QED) is 0.207. The Balaban J connectivity index is 1.32. The molecule has 1 nitrogen and oxygen atoms in total. The molecule has 194 valence electrons. The van der Waals surface area contributed by atoms with E-state index in [4.69, 9.17) is 4.98 Å². The number of hydrogen-bond donors (Lipinski definition) is 0. The molecule has 0 unspecified atom stereocenters. The number of hydrogen-bond acceptors (Lipinski definition) is 1. The van der Waals surface area contributed by atoms with Crippen LogP contribution in [0.4, 0.5) is 0 Å². The van der Waals surface area contributed by atoms with E-state index in [1.165, 1.54) is 139 Å². The summed E-state index contributed by atoms with van der Waals surface area (Å²) in [5.74, 6) is 1.98. The van der Waals surface area contributed by atoms with E-state index in [1.807, 2.05) is 0 Å². The maximum Gasteiger partial charge on any atom is 0.0702 e. The minimum Gasteiger partial charge on any atom is -0.256 e. The highest BCUT2D eigenvalue weighted by Gasteiger charge is 2.20. The van der Waals surface area contributed by atoms with E-state index in [9.17, 15) is 0 Å². The zero-order valence-corrected chi connectivity index (χ0v) is 23.1. The maximum atomic E-state index is 4.77. The highest BCUT2D eigenvalue weighted by atomic mass is 14.7. The van der Waals surface area contributed by atoms with Gasteiger partial charge in [0.05, 0.1) is 5.69 Å². The van der Waals surface area contributed by atoms with Crippen molar-refractivity contribution >= 4 is 0 Å². The largest absolute Gasteiger partial charge is 0.256 e. The Morgan fingerprint density at radius 2 is 1.14 bits per heavy atom. The lowest BCUT2D eigenvalue weighted by atomic mass is 9.77. The van der Waals surface area contributed by atoms with Crippen molar-refractivity contribution < 1.29 is 0 Å². The zero-order chi connectivity index (χ0) is 24.6. The Morgan fingerprint density at radius 3 is 1.77 bits per heavy atom. The van der Waals surface area contributed by atoms with Crippen molar-refractivity contribution in [2.75, 3.05) is 0 Å². The fourth-order valence-corrected chi connectivity index (χ4v) is 5.91. The summed E-state index contributed by atoms with van der Waals surface area (Å²) in [5, 5.41) is 0. The molecule has 1 aromatic heterocycles. The van der Waals surface area contributed by atoms with Crippen LogP contribution in [0.25, 0.3) is 11.3 Å². The predicted molar refractivity (Wildman–Crippen MR) is 154 cm³/mol. The first kappa shape index (κ1) is 27.9. The van der Waals surface area contributed by atoms with E-state index in [2.05, 4.69) is 56.4 Å². The monoisotopic (exact) mass is 475 g/mol. The van der Waals surface area contributed by atoms with Gasteiger partial charge in [-0.05, 0) is 54.7 Å². The molecular weight excluding hydrogens is 422 g/mol. The summed E-state index contributed by atoms with van der Waals surface area (Å²) in [7, 11) is 0.